The van der Waals surface area contributed by atoms with Crippen molar-refractivity contribution in [1.29, 1.82) is 0 Å². The van der Waals surface area contributed by atoms with Gasteiger partial charge < -0.3 is 4.52 Å². The van der Waals surface area contributed by atoms with E-state index in [1.165, 1.54) is 6.07 Å². The molecule has 10 heteroatoms. The zero-order chi connectivity index (χ0) is 18.1. The van der Waals surface area contributed by atoms with Crippen molar-refractivity contribution in [2.75, 3.05) is 0 Å². The van der Waals surface area contributed by atoms with Gasteiger partial charge in [0.2, 0.25) is 5.82 Å². The van der Waals surface area contributed by atoms with Crippen LogP contribution in [0.4, 0.5) is 13.2 Å². The Morgan fingerprint density at radius 3 is 2.54 bits per heavy atom. The second kappa shape index (κ2) is 6.06. The maximum absolute atomic E-state index is 12.6. The molecule has 0 N–H and O–H groups in total. The molecular weight excluding hydrogens is 349 g/mol. The van der Waals surface area contributed by atoms with Crippen LogP contribution in [-0.4, -0.2) is 29.9 Å². The molecule has 0 saturated heterocycles. The number of hydrogen-bond donors (Lipinski definition) is 0. The first-order chi connectivity index (χ1) is 12.5. The highest BCUT2D eigenvalue weighted by atomic mass is 19.4. The average Bonchev–Trinajstić information content (AvgIpc) is 3.32. The van der Waals surface area contributed by atoms with Gasteiger partial charge in [0.05, 0.1) is 23.8 Å². The molecule has 4 heterocycles. The number of aromatic nitrogens is 6. The van der Waals surface area contributed by atoms with Crippen molar-refractivity contribution in [3.8, 4) is 28.5 Å². The minimum Gasteiger partial charge on any atom is -0.329 e. The van der Waals surface area contributed by atoms with Crippen molar-refractivity contribution in [3.05, 3.63) is 61.0 Å². The smallest absolute Gasteiger partial charge is 0.329 e. The molecule has 0 atom stereocenters. The summed E-state index contributed by atoms with van der Waals surface area (Å²) in [6.07, 6.45) is 1.93. The predicted molar refractivity (Wildman–Crippen MR) is 82.9 cm³/mol. The van der Waals surface area contributed by atoms with E-state index in [-0.39, 0.29) is 11.5 Å². The number of nitrogens with zero attached hydrogens (tertiary/aromatic N) is 6. The lowest BCUT2D eigenvalue weighted by molar-refractivity contribution is -0.159. The zero-order valence-corrected chi connectivity index (χ0v) is 12.9. The molecule has 0 aliphatic carbocycles. The van der Waals surface area contributed by atoms with E-state index in [9.17, 15) is 13.2 Å². The molecule has 0 unspecified atom stereocenters. The first-order valence-electron chi connectivity index (χ1n) is 7.34. The van der Waals surface area contributed by atoms with Gasteiger partial charge in [0.15, 0.2) is 0 Å². The Hall–Kier alpha value is -3.56. The molecule has 7 nitrogen and oxygen atoms in total. The summed E-state index contributed by atoms with van der Waals surface area (Å²) in [5, 5.41) is 7.58. The number of rotatable bonds is 3. The van der Waals surface area contributed by atoms with Crippen LogP contribution in [0.25, 0.3) is 28.5 Å². The molecule has 26 heavy (non-hydrogen) atoms. The van der Waals surface area contributed by atoms with Crippen LogP contribution in [0.3, 0.4) is 0 Å². The van der Waals surface area contributed by atoms with Crippen LogP contribution in [0.1, 0.15) is 5.89 Å². The molecule has 0 bridgehead atoms. The Bertz CT molecular complexity index is 1040. The summed E-state index contributed by atoms with van der Waals surface area (Å²) in [5.74, 6) is -1.65. The second-order valence-electron chi connectivity index (χ2n) is 5.21. The van der Waals surface area contributed by atoms with Crippen molar-refractivity contribution < 1.29 is 17.7 Å². The van der Waals surface area contributed by atoms with Crippen LogP contribution in [0.2, 0.25) is 0 Å². The fourth-order valence-electron chi connectivity index (χ4n) is 2.25. The molecule has 0 radical (unpaired) electrons. The fraction of sp³-hybridized carbons (Fsp3) is 0.0625. The summed E-state index contributed by atoms with van der Waals surface area (Å²) in [6.45, 7) is 0. The lowest BCUT2D eigenvalue weighted by Gasteiger charge is -2.00. The first kappa shape index (κ1) is 15.9. The first-order valence-corrected chi connectivity index (χ1v) is 7.34. The molecule has 130 valence electrons. The third-order valence-corrected chi connectivity index (χ3v) is 3.44. The van der Waals surface area contributed by atoms with Gasteiger partial charge in [0.25, 0.3) is 0 Å². The highest BCUT2D eigenvalue weighted by molar-refractivity contribution is 5.62. The van der Waals surface area contributed by atoms with Crippen LogP contribution >= 0.6 is 0 Å². The van der Waals surface area contributed by atoms with Crippen LogP contribution in [0.5, 0.6) is 0 Å². The van der Waals surface area contributed by atoms with Crippen LogP contribution < -0.4 is 0 Å². The summed E-state index contributed by atoms with van der Waals surface area (Å²) in [7, 11) is 0. The quantitative estimate of drug-likeness (QED) is 0.558. The average molecular weight is 358 g/mol. The predicted octanol–water partition coefficient (Wildman–Crippen LogP) is 3.40. The normalized spacial score (nSPS) is 11.7. The van der Waals surface area contributed by atoms with E-state index in [0.717, 1.165) is 5.69 Å². The summed E-state index contributed by atoms with van der Waals surface area (Å²) in [6, 6.07) is 8.47. The van der Waals surface area contributed by atoms with E-state index in [2.05, 4.69) is 29.7 Å². The Labute approximate surface area is 144 Å². The Morgan fingerprint density at radius 2 is 1.81 bits per heavy atom. The molecule has 0 amide bonds. The number of alkyl halides is 3. The topological polar surface area (TPSA) is 82.5 Å². The largest absolute Gasteiger partial charge is 0.471 e. The maximum atomic E-state index is 12.6. The SMILES string of the molecule is FC(F)(F)c1nc(-c2cccc(-c3cnn(-c4cccnc4)c3)n2)no1. The Kier molecular flexibility index (Phi) is 3.72. The number of pyridine rings is 2. The maximum Gasteiger partial charge on any atom is 0.471 e. The molecule has 0 saturated carbocycles. The van der Waals surface area contributed by atoms with Gasteiger partial charge in [0, 0.05) is 18.0 Å². The zero-order valence-electron chi connectivity index (χ0n) is 12.9. The van der Waals surface area contributed by atoms with Crippen molar-refractivity contribution in [1.82, 2.24) is 29.9 Å². The standard InChI is InChI=1S/C16H9F3N6O/c17-16(18,19)15-23-14(24-26-15)13-5-1-4-12(22-13)10-7-21-25(9-10)11-3-2-6-20-8-11/h1-9H. The molecule has 4 aromatic heterocycles. The van der Waals surface area contributed by atoms with Crippen molar-refractivity contribution in [3.63, 3.8) is 0 Å². The molecular formula is C16H9F3N6O. The summed E-state index contributed by atoms with van der Waals surface area (Å²) >= 11 is 0. The minimum absolute atomic E-state index is 0.163. The van der Waals surface area contributed by atoms with E-state index in [1.807, 2.05) is 6.07 Å². The molecule has 0 aliphatic heterocycles. The molecule has 4 aromatic rings. The summed E-state index contributed by atoms with van der Waals surface area (Å²) in [5.41, 5.74) is 2.12. The highest BCUT2D eigenvalue weighted by Crippen LogP contribution is 2.29. The summed E-state index contributed by atoms with van der Waals surface area (Å²) < 4.78 is 43.6. The van der Waals surface area contributed by atoms with E-state index in [1.54, 1.807) is 47.7 Å². The third kappa shape index (κ3) is 3.04. The van der Waals surface area contributed by atoms with Crippen molar-refractivity contribution >= 4 is 0 Å². The number of hydrogen-bond acceptors (Lipinski definition) is 6. The molecule has 0 fully saturated rings. The Morgan fingerprint density at radius 1 is 0.962 bits per heavy atom. The van der Waals surface area contributed by atoms with E-state index in [4.69, 9.17) is 0 Å². The van der Waals surface area contributed by atoms with E-state index in [0.29, 0.717) is 11.3 Å². The van der Waals surface area contributed by atoms with Crippen LogP contribution in [0.15, 0.2) is 59.6 Å². The van der Waals surface area contributed by atoms with Crippen LogP contribution in [-0.2, 0) is 6.18 Å². The fourth-order valence-corrected chi connectivity index (χ4v) is 2.25. The van der Waals surface area contributed by atoms with Gasteiger partial charge in [-0.05, 0) is 24.3 Å². The Balaban J connectivity index is 1.66. The monoisotopic (exact) mass is 358 g/mol. The van der Waals surface area contributed by atoms with Gasteiger partial charge in [-0.1, -0.05) is 11.2 Å². The molecule has 0 aromatic carbocycles. The number of halogens is 3. The highest BCUT2D eigenvalue weighted by Gasteiger charge is 2.38. The van der Waals surface area contributed by atoms with E-state index < -0.39 is 12.1 Å². The lowest BCUT2D eigenvalue weighted by atomic mass is 10.2. The third-order valence-electron chi connectivity index (χ3n) is 3.44. The van der Waals surface area contributed by atoms with Crippen LogP contribution in [0, 0.1) is 0 Å². The van der Waals surface area contributed by atoms with Gasteiger partial charge in [-0.2, -0.15) is 23.3 Å². The van der Waals surface area contributed by atoms with Gasteiger partial charge in [0.1, 0.15) is 5.69 Å². The van der Waals surface area contributed by atoms with Crippen molar-refractivity contribution in [2.45, 2.75) is 6.18 Å². The van der Waals surface area contributed by atoms with E-state index >= 15 is 0 Å². The van der Waals surface area contributed by atoms with Gasteiger partial charge >= 0.3 is 12.1 Å². The lowest BCUT2D eigenvalue weighted by Crippen LogP contribution is -2.04. The van der Waals surface area contributed by atoms with Gasteiger partial charge in [-0.15, -0.1) is 0 Å². The minimum atomic E-state index is -4.70. The molecule has 0 aliphatic rings. The van der Waals surface area contributed by atoms with Gasteiger partial charge in [-0.3, -0.25) is 4.98 Å². The second-order valence-corrected chi connectivity index (χ2v) is 5.21. The molecule has 4 rings (SSSR count). The van der Waals surface area contributed by atoms with Gasteiger partial charge in [-0.25, -0.2) is 9.67 Å². The van der Waals surface area contributed by atoms with Crippen molar-refractivity contribution in [2.24, 2.45) is 0 Å². The molecule has 0 spiro atoms. The summed E-state index contributed by atoms with van der Waals surface area (Å²) in [4.78, 5) is 11.7.